The highest BCUT2D eigenvalue weighted by Gasteiger charge is 2.25. The van der Waals surface area contributed by atoms with Crippen molar-refractivity contribution >= 4 is 11.9 Å². The number of carbonyl (C=O) groups is 2. The van der Waals surface area contributed by atoms with Crippen molar-refractivity contribution in [1.29, 1.82) is 0 Å². The third-order valence-electron chi connectivity index (χ3n) is 4.01. The molecule has 2 rings (SSSR count). The van der Waals surface area contributed by atoms with Gasteiger partial charge in [-0.2, -0.15) is 0 Å². The molecule has 0 saturated carbocycles. The third kappa shape index (κ3) is 4.84. The van der Waals surface area contributed by atoms with Crippen LogP contribution >= 0.6 is 0 Å². The van der Waals surface area contributed by atoms with Gasteiger partial charge in [0, 0.05) is 18.5 Å². The number of allylic oxidation sites excluding steroid dienone is 1. The number of hydrogen-bond donors (Lipinski definition) is 0. The Bertz CT molecular complexity index is 565. The van der Waals surface area contributed by atoms with Gasteiger partial charge in [0.25, 0.3) is 0 Å². The van der Waals surface area contributed by atoms with Crippen molar-refractivity contribution in [2.75, 3.05) is 14.2 Å². The van der Waals surface area contributed by atoms with E-state index in [0.717, 1.165) is 17.7 Å². The van der Waals surface area contributed by atoms with Crippen LogP contribution in [0.1, 0.15) is 31.2 Å². The van der Waals surface area contributed by atoms with Crippen molar-refractivity contribution < 1.29 is 19.1 Å². The fraction of sp³-hybridized carbons (Fsp3) is 0.444. The highest BCUT2D eigenvalue weighted by molar-refractivity contribution is 5.81. The zero-order valence-corrected chi connectivity index (χ0v) is 13.7. The summed E-state index contributed by atoms with van der Waals surface area (Å²) in [6, 6.07) is 7.70. The van der Waals surface area contributed by atoms with Gasteiger partial charge in [0.05, 0.1) is 20.8 Å². The number of methoxy groups -OCH3 is 2. The van der Waals surface area contributed by atoms with E-state index in [2.05, 4.69) is 4.74 Å². The van der Waals surface area contributed by atoms with Crippen LogP contribution in [0, 0.1) is 5.92 Å². The second kappa shape index (κ2) is 8.36. The number of hydrogen-bond acceptors (Lipinski definition) is 4. The number of amides is 1. The average Bonchev–Trinajstić information content (AvgIpc) is 2.58. The summed E-state index contributed by atoms with van der Waals surface area (Å²) in [5.41, 5.74) is 1.05. The maximum atomic E-state index is 12.5. The van der Waals surface area contributed by atoms with Gasteiger partial charge in [-0.1, -0.05) is 18.2 Å². The van der Waals surface area contributed by atoms with E-state index in [1.807, 2.05) is 36.5 Å². The summed E-state index contributed by atoms with van der Waals surface area (Å²) in [5.74, 6) is 0.643. The number of carbonyl (C=O) groups excluding carboxylic acids is 2. The molecular weight excluding hydrogens is 294 g/mol. The van der Waals surface area contributed by atoms with E-state index in [4.69, 9.17) is 4.74 Å². The smallest absolute Gasteiger partial charge is 0.305 e. The zero-order valence-electron chi connectivity index (χ0n) is 13.7. The largest absolute Gasteiger partial charge is 0.497 e. The van der Waals surface area contributed by atoms with Crippen LogP contribution in [0.2, 0.25) is 0 Å². The van der Waals surface area contributed by atoms with Crippen LogP contribution in [0.5, 0.6) is 5.75 Å². The summed E-state index contributed by atoms with van der Waals surface area (Å²) in [6.45, 7) is 0.548. The van der Waals surface area contributed by atoms with Crippen molar-refractivity contribution in [3.05, 3.63) is 42.1 Å². The molecule has 5 heteroatoms. The van der Waals surface area contributed by atoms with Gasteiger partial charge in [0.1, 0.15) is 5.75 Å². The van der Waals surface area contributed by atoms with E-state index in [-0.39, 0.29) is 17.8 Å². The second-order valence-electron chi connectivity index (χ2n) is 5.60. The van der Waals surface area contributed by atoms with Gasteiger partial charge in [0.15, 0.2) is 0 Å². The summed E-state index contributed by atoms with van der Waals surface area (Å²) in [7, 11) is 3.01. The quantitative estimate of drug-likeness (QED) is 0.726. The van der Waals surface area contributed by atoms with Crippen molar-refractivity contribution in [2.24, 2.45) is 5.92 Å². The maximum absolute atomic E-state index is 12.5. The first-order chi connectivity index (χ1) is 11.1. The Balaban J connectivity index is 1.89. The summed E-state index contributed by atoms with van der Waals surface area (Å²) in [4.78, 5) is 25.4. The van der Waals surface area contributed by atoms with Gasteiger partial charge >= 0.3 is 5.97 Å². The summed E-state index contributed by atoms with van der Waals surface area (Å²) >= 11 is 0. The van der Waals surface area contributed by atoms with E-state index < -0.39 is 0 Å². The Labute approximate surface area is 136 Å². The molecule has 0 radical (unpaired) electrons. The van der Waals surface area contributed by atoms with Crippen LogP contribution < -0.4 is 4.74 Å². The Morgan fingerprint density at radius 3 is 2.65 bits per heavy atom. The minimum atomic E-state index is -0.223. The van der Waals surface area contributed by atoms with Gasteiger partial charge in [-0.15, -0.1) is 0 Å². The predicted molar refractivity (Wildman–Crippen MR) is 86.7 cm³/mol. The van der Waals surface area contributed by atoms with Crippen molar-refractivity contribution in [2.45, 2.75) is 32.2 Å². The Hall–Kier alpha value is -2.30. The molecule has 1 aliphatic heterocycles. The minimum Gasteiger partial charge on any atom is -0.497 e. The molecule has 1 aromatic rings. The lowest BCUT2D eigenvalue weighted by Crippen LogP contribution is -2.34. The summed E-state index contributed by atoms with van der Waals surface area (Å²) in [5, 5.41) is 0. The zero-order chi connectivity index (χ0) is 16.7. The molecule has 23 heavy (non-hydrogen) atoms. The molecule has 0 aliphatic carbocycles. The second-order valence-corrected chi connectivity index (χ2v) is 5.60. The molecular formula is C18H23NO4. The van der Waals surface area contributed by atoms with E-state index in [1.54, 1.807) is 12.0 Å². The highest BCUT2D eigenvalue weighted by Crippen LogP contribution is 2.23. The van der Waals surface area contributed by atoms with E-state index >= 15 is 0 Å². The lowest BCUT2D eigenvalue weighted by atomic mass is 9.94. The van der Waals surface area contributed by atoms with Gasteiger partial charge in [-0.25, -0.2) is 0 Å². The fourth-order valence-corrected chi connectivity index (χ4v) is 2.66. The standard InChI is InChI=1S/C18H23NO4/c1-22-16-10-8-14(9-11-16)13-19-12-4-6-15(18(19)21)5-3-7-17(20)23-2/h4,8-12,15H,3,5-7,13H2,1-2H3. The number of esters is 1. The molecule has 5 nitrogen and oxygen atoms in total. The highest BCUT2D eigenvalue weighted by atomic mass is 16.5. The lowest BCUT2D eigenvalue weighted by Gasteiger charge is -2.27. The predicted octanol–water partition coefficient (Wildman–Crippen LogP) is 2.90. The van der Waals surface area contributed by atoms with Crippen LogP contribution in [0.3, 0.4) is 0 Å². The Kier molecular flexibility index (Phi) is 6.20. The molecule has 1 aromatic carbocycles. The first kappa shape index (κ1) is 17.1. The van der Waals surface area contributed by atoms with Crippen LogP contribution in [0.25, 0.3) is 0 Å². The maximum Gasteiger partial charge on any atom is 0.305 e. The molecule has 0 saturated heterocycles. The van der Waals surface area contributed by atoms with Gasteiger partial charge in [-0.3, -0.25) is 9.59 Å². The summed E-state index contributed by atoms with van der Waals surface area (Å²) in [6.07, 6.45) is 6.35. The van der Waals surface area contributed by atoms with Gasteiger partial charge in [0.2, 0.25) is 5.91 Å². The van der Waals surface area contributed by atoms with Crippen LogP contribution in [-0.4, -0.2) is 31.0 Å². The SMILES string of the molecule is COC(=O)CCCC1CC=CN(Cc2ccc(OC)cc2)C1=O. The van der Waals surface area contributed by atoms with Crippen molar-refractivity contribution in [3.8, 4) is 5.75 Å². The molecule has 0 fully saturated rings. The van der Waals surface area contributed by atoms with E-state index in [0.29, 0.717) is 25.8 Å². The first-order valence-corrected chi connectivity index (χ1v) is 7.81. The molecule has 1 unspecified atom stereocenters. The normalized spacial score (nSPS) is 17.2. The molecule has 1 amide bonds. The molecule has 0 aromatic heterocycles. The molecule has 0 N–H and O–H groups in total. The van der Waals surface area contributed by atoms with E-state index in [1.165, 1.54) is 7.11 Å². The topological polar surface area (TPSA) is 55.8 Å². The Morgan fingerprint density at radius 1 is 1.26 bits per heavy atom. The molecule has 0 spiro atoms. The molecule has 1 atom stereocenters. The number of rotatable bonds is 7. The van der Waals surface area contributed by atoms with E-state index in [9.17, 15) is 9.59 Å². The molecule has 1 aliphatic rings. The fourth-order valence-electron chi connectivity index (χ4n) is 2.66. The summed E-state index contributed by atoms with van der Waals surface area (Å²) < 4.78 is 9.76. The average molecular weight is 317 g/mol. The third-order valence-corrected chi connectivity index (χ3v) is 4.01. The molecule has 0 bridgehead atoms. The Morgan fingerprint density at radius 2 is 2.00 bits per heavy atom. The van der Waals surface area contributed by atoms with Crippen LogP contribution in [-0.2, 0) is 20.9 Å². The van der Waals surface area contributed by atoms with Crippen molar-refractivity contribution in [1.82, 2.24) is 4.90 Å². The minimum absolute atomic E-state index is 0.0529. The number of nitrogens with zero attached hydrogens (tertiary/aromatic N) is 1. The first-order valence-electron chi connectivity index (χ1n) is 7.81. The molecule has 124 valence electrons. The van der Waals surface area contributed by atoms with Gasteiger partial charge < -0.3 is 14.4 Å². The number of benzene rings is 1. The lowest BCUT2D eigenvalue weighted by molar-refractivity contribution is -0.141. The number of ether oxygens (including phenoxy) is 2. The molecule has 1 heterocycles. The van der Waals surface area contributed by atoms with Crippen LogP contribution in [0.15, 0.2) is 36.5 Å². The monoisotopic (exact) mass is 317 g/mol. The van der Waals surface area contributed by atoms with Crippen molar-refractivity contribution in [3.63, 3.8) is 0 Å². The van der Waals surface area contributed by atoms with Gasteiger partial charge in [-0.05, 0) is 37.0 Å². The van der Waals surface area contributed by atoms with Crippen LogP contribution in [0.4, 0.5) is 0 Å².